The molecule has 0 aliphatic rings. The van der Waals surface area contributed by atoms with Crippen LogP contribution in [-0.4, -0.2) is 15.0 Å². The van der Waals surface area contributed by atoms with Crippen LogP contribution in [0.2, 0.25) is 0 Å². The fraction of sp³-hybridized carbons (Fsp3) is 0.167. The summed E-state index contributed by atoms with van der Waals surface area (Å²) in [5.41, 5.74) is 3.99. The van der Waals surface area contributed by atoms with E-state index >= 15 is 0 Å². The zero-order valence-corrected chi connectivity index (χ0v) is 18.3. The molecule has 0 aliphatic heterocycles. The summed E-state index contributed by atoms with van der Waals surface area (Å²) in [6, 6.07) is 15.8. The lowest BCUT2D eigenvalue weighted by atomic mass is 10.0. The van der Waals surface area contributed by atoms with E-state index in [1.54, 1.807) is 0 Å². The van der Waals surface area contributed by atoms with Crippen LogP contribution in [0.25, 0.3) is 22.5 Å². The quantitative estimate of drug-likeness (QED) is 0.364. The van der Waals surface area contributed by atoms with Gasteiger partial charge in [-0.25, -0.2) is 15.0 Å². The number of hydrogen-bond acceptors (Lipinski definition) is 3. The molecule has 0 saturated heterocycles. The van der Waals surface area contributed by atoms with Gasteiger partial charge in [0.05, 0.1) is 0 Å². The molecule has 0 atom stereocenters. The first-order valence-corrected chi connectivity index (χ1v) is 9.89. The maximum absolute atomic E-state index is 5.91. The highest BCUT2D eigenvalue weighted by Gasteiger charge is 2.34. The van der Waals surface area contributed by atoms with Crippen LogP contribution in [-0.2, 0) is 7.59 Å². The minimum atomic E-state index is -1.88. The molecule has 0 amide bonds. The minimum Gasteiger partial charge on any atom is -0.209 e. The number of alkyl halides is 6. The van der Waals surface area contributed by atoms with Crippen LogP contribution >= 0.6 is 69.6 Å². The van der Waals surface area contributed by atoms with E-state index in [1.165, 1.54) is 5.56 Å². The van der Waals surface area contributed by atoms with Crippen LogP contribution in [0.5, 0.6) is 0 Å². The van der Waals surface area contributed by atoms with Crippen molar-refractivity contribution in [3.63, 3.8) is 0 Å². The number of rotatable bonds is 2. The van der Waals surface area contributed by atoms with Gasteiger partial charge in [-0.15, -0.1) is 0 Å². The van der Waals surface area contributed by atoms with Gasteiger partial charge >= 0.3 is 0 Å². The lowest BCUT2D eigenvalue weighted by Crippen LogP contribution is -2.16. The second kappa shape index (κ2) is 7.90. The first kappa shape index (κ1) is 20.9. The molecule has 1 heterocycles. The van der Waals surface area contributed by atoms with E-state index in [9.17, 15) is 0 Å². The molecule has 3 rings (SSSR count). The average Bonchev–Trinajstić information content (AvgIpc) is 2.61. The Bertz CT molecular complexity index is 913. The van der Waals surface area contributed by atoms with E-state index in [-0.39, 0.29) is 17.5 Å². The Morgan fingerprint density at radius 2 is 0.926 bits per heavy atom. The molecule has 27 heavy (non-hydrogen) atoms. The summed E-state index contributed by atoms with van der Waals surface area (Å²) in [6.07, 6.45) is 0. The monoisotopic (exact) mass is 479 g/mol. The highest BCUT2D eigenvalue weighted by molar-refractivity contribution is 6.67. The predicted molar refractivity (Wildman–Crippen MR) is 114 cm³/mol. The molecule has 3 aromatic rings. The van der Waals surface area contributed by atoms with Crippen molar-refractivity contribution in [1.29, 1.82) is 0 Å². The van der Waals surface area contributed by atoms with Gasteiger partial charge in [-0.05, 0) is 18.1 Å². The normalized spacial score (nSPS) is 12.3. The summed E-state index contributed by atoms with van der Waals surface area (Å²) in [7, 11) is 0. The molecule has 3 nitrogen and oxygen atoms in total. The van der Waals surface area contributed by atoms with Crippen molar-refractivity contribution in [2.45, 2.75) is 14.5 Å². The van der Waals surface area contributed by atoms with Gasteiger partial charge in [0.2, 0.25) is 7.59 Å². The third-order valence-corrected chi connectivity index (χ3v) is 4.68. The summed E-state index contributed by atoms with van der Waals surface area (Å²) in [5, 5.41) is 0. The first-order chi connectivity index (χ1) is 12.5. The Morgan fingerprint density at radius 3 is 1.33 bits per heavy atom. The van der Waals surface area contributed by atoms with Gasteiger partial charge in [0.1, 0.15) is 0 Å². The van der Waals surface area contributed by atoms with Crippen molar-refractivity contribution in [2.75, 3.05) is 0 Å². The topological polar surface area (TPSA) is 38.7 Å². The molecule has 0 N–H and O–H groups in total. The van der Waals surface area contributed by atoms with Gasteiger partial charge < -0.3 is 0 Å². The van der Waals surface area contributed by atoms with E-state index in [1.807, 2.05) is 31.2 Å². The second-order valence-corrected chi connectivity index (χ2v) is 10.3. The summed E-state index contributed by atoms with van der Waals surface area (Å²) in [4.78, 5) is 12.4. The lowest BCUT2D eigenvalue weighted by Gasteiger charge is -2.15. The van der Waals surface area contributed by atoms with Crippen molar-refractivity contribution >= 4 is 69.6 Å². The van der Waals surface area contributed by atoms with Crippen molar-refractivity contribution < 1.29 is 0 Å². The highest BCUT2D eigenvalue weighted by atomic mass is 35.6. The maximum Gasteiger partial charge on any atom is 0.250 e. The van der Waals surface area contributed by atoms with Gasteiger partial charge in [0, 0.05) is 5.56 Å². The second-order valence-electron chi connectivity index (χ2n) is 5.75. The summed E-state index contributed by atoms with van der Waals surface area (Å²) in [6.45, 7) is 2.04. The summed E-state index contributed by atoms with van der Waals surface area (Å²) < 4.78 is -3.77. The molecule has 0 radical (unpaired) electrons. The number of aryl methyl sites for hydroxylation is 1. The Kier molecular flexibility index (Phi) is 6.12. The van der Waals surface area contributed by atoms with Gasteiger partial charge in [0.15, 0.2) is 17.5 Å². The molecular weight excluding hydrogens is 471 g/mol. The van der Waals surface area contributed by atoms with Crippen LogP contribution in [0, 0.1) is 6.92 Å². The fourth-order valence-electron chi connectivity index (χ4n) is 2.32. The number of hydrogen-bond donors (Lipinski definition) is 0. The molecule has 1 aromatic heterocycles. The van der Waals surface area contributed by atoms with Gasteiger partial charge in [0.25, 0.3) is 0 Å². The van der Waals surface area contributed by atoms with E-state index in [2.05, 4.69) is 39.2 Å². The summed E-state index contributed by atoms with van der Waals surface area (Å²) in [5.74, 6) is -0.00835. The number of halogens is 6. The van der Waals surface area contributed by atoms with E-state index in [4.69, 9.17) is 69.6 Å². The molecule has 9 heteroatoms. The zero-order valence-electron chi connectivity index (χ0n) is 13.7. The van der Waals surface area contributed by atoms with E-state index in [0.717, 1.165) is 11.1 Å². The molecule has 0 spiro atoms. The zero-order chi connectivity index (χ0) is 19.8. The predicted octanol–water partition coefficient (Wildman–Crippen LogP) is 7.17. The van der Waals surface area contributed by atoms with Crippen LogP contribution in [0.4, 0.5) is 0 Å². The fourth-order valence-corrected chi connectivity index (χ4v) is 2.82. The van der Waals surface area contributed by atoms with Gasteiger partial charge in [-0.1, -0.05) is 124 Å². The van der Waals surface area contributed by atoms with E-state index < -0.39 is 7.59 Å². The van der Waals surface area contributed by atoms with Gasteiger partial charge in [-0.3, -0.25) is 0 Å². The van der Waals surface area contributed by atoms with Crippen LogP contribution in [0.3, 0.4) is 0 Å². The largest absolute Gasteiger partial charge is 0.250 e. The third-order valence-electron chi connectivity index (χ3n) is 3.67. The third kappa shape index (κ3) is 5.17. The first-order valence-electron chi connectivity index (χ1n) is 7.62. The number of benzene rings is 2. The standard InChI is InChI=1S/C18H11Cl6N3/c1-10-2-4-11(5-3-10)12-6-8-13(9-7-12)14-25-15(17(19,20)21)27-16(26-14)18(22,23)24/h2-9H,1H3. The Balaban J connectivity index is 2.04. The molecule has 0 unspecified atom stereocenters. The van der Waals surface area contributed by atoms with Crippen molar-refractivity contribution in [2.24, 2.45) is 0 Å². The number of aromatic nitrogens is 3. The minimum absolute atomic E-state index is 0.124. The molecule has 0 fully saturated rings. The van der Waals surface area contributed by atoms with Crippen LogP contribution < -0.4 is 0 Å². The molecule has 0 bridgehead atoms. The average molecular weight is 482 g/mol. The summed E-state index contributed by atoms with van der Waals surface area (Å²) >= 11 is 35.4. The number of nitrogens with zero attached hydrogens (tertiary/aromatic N) is 3. The molecule has 0 aliphatic carbocycles. The molecule has 140 valence electrons. The Morgan fingerprint density at radius 1 is 0.556 bits per heavy atom. The molecule has 2 aromatic carbocycles. The van der Waals surface area contributed by atoms with Crippen LogP contribution in [0.15, 0.2) is 48.5 Å². The maximum atomic E-state index is 5.91. The molecule has 0 saturated carbocycles. The van der Waals surface area contributed by atoms with Crippen molar-refractivity contribution in [1.82, 2.24) is 15.0 Å². The van der Waals surface area contributed by atoms with Gasteiger partial charge in [-0.2, -0.15) is 0 Å². The highest BCUT2D eigenvalue weighted by Crippen LogP contribution is 2.40. The Labute approximate surface area is 186 Å². The lowest BCUT2D eigenvalue weighted by molar-refractivity contribution is 0.851. The SMILES string of the molecule is Cc1ccc(-c2ccc(-c3nc(C(Cl)(Cl)Cl)nc(C(Cl)(Cl)Cl)n3)cc2)cc1. The van der Waals surface area contributed by atoms with Crippen molar-refractivity contribution in [3.05, 3.63) is 65.7 Å². The smallest absolute Gasteiger partial charge is 0.209 e. The Hall–Kier alpha value is -0.810. The van der Waals surface area contributed by atoms with Crippen LogP contribution in [0.1, 0.15) is 17.2 Å². The van der Waals surface area contributed by atoms with E-state index in [0.29, 0.717) is 5.56 Å². The molecular formula is C18H11Cl6N3. The van der Waals surface area contributed by atoms with Crippen molar-refractivity contribution in [3.8, 4) is 22.5 Å².